The number of fused-ring (bicyclic) bond motifs is 1. The highest BCUT2D eigenvalue weighted by Crippen LogP contribution is 2.27. The molecule has 0 aliphatic heterocycles. The fourth-order valence-electron chi connectivity index (χ4n) is 3.08. The van der Waals surface area contributed by atoms with Crippen molar-refractivity contribution in [2.75, 3.05) is 14.2 Å². The van der Waals surface area contributed by atoms with Crippen molar-refractivity contribution >= 4 is 11.2 Å². The zero-order valence-corrected chi connectivity index (χ0v) is 15.0. The van der Waals surface area contributed by atoms with Gasteiger partial charge in [-0.25, -0.2) is 14.4 Å². The summed E-state index contributed by atoms with van der Waals surface area (Å²) in [7, 11) is 3.26. The number of methoxy groups -OCH3 is 2. The van der Waals surface area contributed by atoms with Crippen LogP contribution in [-0.4, -0.2) is 29.2 Å². The van der Waals surface area contributed by atoms with E-state index in [2.05, 4.69) is 15.0 Å². The average Bonchev–Trinajstić information content (AvgIpc) is 3.09. The first-order valence-corrected chi connectivity index (χ1v) is 8.48. The number of benzene rings is 2. The molecule has 0 atom stereocenters. The molecule has 0 unspecified atom stereocenters. The Kier molecular flexibility index (Phi) is 4.46. The van der Waals surface area contributed by atoms with Crippen LogP contribution in [-0.2, 0) is 6.42 Å². The largest absolute Gasteiger partial charge is 0.497 e. The lowest BCUT2D eigenvalue weighted by atomic mass is 10.1. The first-order valence-electron chi connectivity index (χ1n) is 8.48. The highest BCUT2D eigenvalue weighted by atomic mass is 19.1. The number of H-pyrrole nitrogens is 1. The number of aromatic amines is 1. The number of rotatable bonds is 5. The van der Waals surface area contributed by atoms with Crippen LogP contribution in [0.25, 0.3) is 22.3 Å². The smallest absolute Gasteiger partial charge is 0.177 e. The van der Waals surface area contributed by atoms with Gasteiger partial charge in [-0.15, -0.1) is 0 Å². The lowest BCUT2D eigenvalue weighted by Gasteiger charge is -2.09. The second-order valence-electron chi connectivity index (χ2n) is 6.11. The molecule has 0 fully saturated rings. The molecule has 2 aromatic carbocycles. The summed E-state index contributed by atoms with van der Waals surface area (Å²) in [6, 6.07) is 14.1. The van der Waals surface area contributed by atoms with Crippen LogP contribution in [0, 0.1) is 5.82 Å². The molecule has 0 amide bonds. The van der Waals surface area contributed by atoms with Crippen molar-refractivity contribution in [1.82, 2.24) is 15.0 Å². The molecule has 6 heteroatoms. The molecule has 136 valence electrons. The van der Waals surface area contributed by atoms with Crippen LogP contribution in [0.1, 0.15) is 11.4 Å². The van der Waals surface area contributed by atoms with E-state index in [0.29, 0.717) is 23.2 Å². The number of aromatic nitrogens is 3. The molecular weight excluding hydrogens is 345 g/mol. The van der Waals surface area contributed by atoms with Crippen molar-refractivity contribution in [3.63, 3.8) is 0 Å². The molecule has 0 saturated carbocycles. The summed E-state index contributed by atoms with van der Waals surface area (Å²) < 4.78 is 24.8. The predicted octanol–water partition coefficient (Wildman–Crippen LogP) is 4.37. The van der Waals surface area contributed by atoms with Crippen molar-refractivity contribution in [3.8, 4) is 22.6 Å². The third-order valence-electron chi connectivity index (χ3n) is 4.42. The Labute approximate surface area is 155 Å². The van der Waals surface area contributed by atoms with Gasteiger partial charge in [0.25, 0.3) is 0 Å². The Hall–Kier alpha value is -3.41. The molecule has 4 rings (SSSR count). The molecule has 4 aromatic rings. The number of nitrogens with zero attached hydrogens (tertiary/aromatic N) is 2. The molecule has 0 aliphatic rings. The minimum Gasteiger partial charge on any atom is -0.497 e. The summed E-state index contributed by atoms with van der Waals surface area (Å²) in [4.78, 5) is 12.2. The van der Waals surface area contributed by atoms with E-state index in [-0.39, 0.29) is 5.82 Å². The first kappa shape index (κ1) is 17.0. The third kappa shape index (κ3) is 3.33. The number of hydrogen-bond donors (Lipinski definition) is 1. The Morgan fingerprint density at radius 3 is 2.67 bits per heavy atom. The zero-order chi connectivity index (χ0) is 18.8. The first-order chi connectivity index (χ1) is 13.2. The van der Waals surface area contributed by atoms with E-state index in [1.54, 1.807) is 38.6 Å². The number of pyridine rings is 1. The standard InChI is InChI=1S/C21H18FN3O2/c1-26-15-7-8-19(27-2)13(9-15)11-20-24-18-10-14(12-23-21(18)25-20)16-5-3-4-6-17(16)22/h3-10,12H,11H2,1-2H3,(H,23,24,25). The Morgan fingerprint density at radius 1 is 1.04 bits per heavy atom. The minimum absolute atomic E-state index is 0.278. The van der Waals surface area contributed by atoms with Crippen LogP contribution in [0.3, 0.4) is 0 Å². The van der Waals surface area contributed by atoms with E-state index in [0.717, 1.165) is 28.4 Å². The zero-order valence-electron chi connectivity index (χ0n) is 15.0. The summed E-state index contributed by atoms with van der Waals surface area (Å²) in [5.74, 6) is 1.98. The third-order valence-corrected chi connectivity index (χ3v) is 4.42. The van der Waals surface area contributed by atoms with Gasteiger partial charge in [-0.05, 0) is 30.3 Å². The van der Waals surface area contributed by atoms with Gasteiger partial charge in [0.1, 0.15) is 23.1 Å². The van der Waals surface area contributed by atoms with Gasteiger partial charge in [-0.2, -0.15) is 0 Å². The quantitative estimate of drug-likeness (QED) is 0.572. The van der Waals surface area contributed by atoms with Gasteiger partial charge in [0, 0.05) is 29.3 Å². The van der Waals surface area contributed by atoms with E-state index in [1.165, 1.54) is 6.07 Å². The Balaban J connectivity index is 1.70. The van der Waals surface area contributed by atoms with Crippen molar-refractivity contribution in [1.29, 1.82) is 0 Å². The molecule has 27 heavy (non-hydrogen) atoms. The fourth-order valence-corrected chi connectivity index (χ4v) is 3.08. The molecule has 0 radical (unpaired) electrons. The maximum atomic E-state index is 14.0. The van der Waals surface area contributed by atoms with Crippen LogP contribution in [0.4, 0.5) is 4.39 Å². The lowest BCUT2D eigenvalue weighted by Crippen LogP contribution is -1.96. The van der Waals surface area contributed by atoms with Gasteiger partial charge in [0.05, 0.1) is 19.7 Å². The summed E-state index contributed by atoms with van der Waals surface area (Å²) >= 11 is 0. The molecule has 0 saturated heterocycles. The second kappa shape index (κ2) is 7.07. The van der Waals surface area contributed by atoms with Gasteiger partial charge >= 0.3 is 0 Å². The van der Waals surface area contributed by atoms with Crippen molar-refractivity contribution in [2.24, 2.45) is 0 Å². The number of nitrogens with one attached hydrogen (secondary N) is 1. The number of hydrogen-bond acceptors (Lipinski definition) is 4. The van der Waals surface area contributed by atoms with Crippen molar-refractivity contribution < 1.29 is 13.9 Å². The topological polar surface area (TPSA) is 60.0 Å². The monoisotopic (exact) mass is 363 g/mol. The summed E-state index contributed by atoms with van der Waals surface area (Å²) in [6.07, 6.45) is 2.17. The molecule has 2 heterocycles. The number of ether oxygens (including phenoxy) is 2. The van der Waals surface area contributed by atoms with Gasteiger partial charge in [0.15, 0.2) is 5.65 Å². The maximum Gasteiger partial charge on any atom is 0.177 e. The molecule has 2 aromatic heterocycles. The number of halogens is 1. The average molecular weight is 363 g/mol. The second-order valence-corrected chi connectivity index (χ2v) is 6.11. The van der Waals surface area contributed by atoms with Crippen LogP contribution in [0.2, 0.25) is 0 Å². The summed E-state index contributed by atoms with van der Waals surface area (Å²) in [5.41, 5.74) is 3.51. The maximum absolute atomic E-state index is 14.0. The SMILES string of the molecule is COc1ccc(OC)c(Cc2nc3ncc(-c4ccccc4F)cc3[nH]2)c1. The van der Waals surface area contributed by atoms with E-state index in [1.807, 2.05) is 24.3 Å². The van der Waals surface area contributed by atoms with Gasteiger partial charge in [-0.3, -0.25) is 0 Å². The number of imidazole rings is 1. The molecule has 1 N–H and O–H groups in total. The Morgan fingerprint density at radius 2 is 1.89 bits per heavy atom. The predicted molar refractivity (Wildman–Crippen MR) is 102 cm³/mol. The molecule has 5 nitrogen and oxygen atoms in total. The van der Waals surface area contributed by atoms with E-state index in [4.69, 9.17) is 9.47 Å². The van der Waals surface area contributed by atoms with Crippen LogP contribution in [0.15, 0.2) is 54.7 Å². The van der Waals surface area contributed by atoms with Crippen molar-refractivity contribution in [3.05, 3.63) is 71.9 Å². The minimum atomic E-state index is -0.278. The van der Waals surface area contributed by atoms with Crippen molar-refractivity contribution in [2.45, 2.75) is 6.42 Å². The summed E-state index contributed by atoms with van der Waals surface area (Å²) in [5, 5.41) is 0. The van der Waals surface area contributed by atoms with Gasteiger partial charge in [-0.1, -0.05) is 18.2 Å². The normalized spacial score (nSPS) is 10.9. The molecular formula is C21H18FN3O2. The van der Waals surface area contributed by atoms with Crippen LogP contribution < -0.4 is 9.47 Å². The van der Waals surface area contributed by atoms with E-state index < -0.39 is 0 Å². The Bertz CT molecular complexity index is 1110. The lowest BCUT2D eigenvalue weighted by molar-refractivity contribution is 0.399. The van der Waals surface area contributed by atoms with Gasteiger partial charge in [0.2, 0.25) is 0 Å². The van der Waals surface area contributed by atoms with Crippen LogP contribution in [0.5, 0.6) is 11.5 Å². The fraction of sp³-hybridized carbons (Fsp3) is 0.143. The molecule has 0 bridgehead atoms. The highest BCUT2D eigenvalue weighted by Gasteiger charge is 2.12. The molecule has 0 spiro atoms. The van der Waals surface area contributed by atoms with Crippen LogP contribution >= 0.6 is 0 Å². The highest BCUT2D eigenvalue weighted by molar-refractivity contribution is 5.78. The molecule has 0 aliphatic carbocycles. The van der Waals surface area contributed by atoms with Gasteiger partial charge < -0.3 is 14.5 Å². The summed E-state index contributed by atoms with van der Waals surface area (Å²) in [6.45, 7) is 0. The van der Waals surface area contributed by atoms with E-state index in [9.17, 15) is 4.39 Å². The van der Waals surface area contributed by atoms with E-state index >= 15 is 0 Å².